The van der Waals surface area contributed by atoms with Crippen molar-refractivity contribution in [2.24, 2.45) is 14.1 Å². The molecule has 0 bridgehead atoms. The van der Waals surface area contributed by atoms with Crippen LogP contribution in [0.25, 0.3) is 11.2 Å². The molecule has 136 valence electrons. The van der Waals surface area contributed by atoms with Gasteiger partial charge in [-0.15, -0.1) is 0 Å². The van der Waals surface area contributed by atoms with Gasteiger partial charge in [0.05, 0.1) is 12.4 Å². The zero-order valence-electron chi connectivity index (χ0n) is 15.2. The fourth-order valence-electron chi connectivity index (χ4n) is 2.95. The second-order valence-electron chi connectivity index (χ2n) is 6.35. The van der Waals surface area contributed by atoms with Crippen LogP contribution in [0.4, 0.5) is 0 Å². The van der Waals surface area contributed by atoms with E-state index in [1.165, 1.54) is 22.8 Å². The fraction of sp³-hybridized carbons (Fsp3) is 0.333. The molecule has 8 heteroatoms. The number of rotatable bonds is 4. The van der Waals surface area contributed by atoms with E-state index in [1.54, 1.807) is 18.7 Å². The van der Waals surface area contributed by atoms with Crippen LogP contribution in [0, 0.1) is 0 Å². The summed E-state index contributed by atoms with van der Waals surface area (Å²) in [5.74, 6) is -0.318. The van der Waals surface area contributed by atoms with Gasteiger partial charge in [-0.1, -0.05) is 30.3 Å². The van der Waals surface area contributed by atoms with Crippen LogP contribution in [-0.4, -0.2) is 36.5 Å². The Kier molecular flexibility index (Phi) is 4.50. The molecule has 2 aromatic heterocycles. The first-order valence-corrected chi connectivity index (χ1v) is 8.24. The average molecular weight is 355 g/mol. The highest BCUT2D eigenvalue weighted by molar-refractivity contribution is 5.77. The van der Waals surface area contributed by atoms with Crippen LogP contribution in [0.5, 0.6) is 0 Å². The summed E-state index contributed by atoms with van der Waals surface area (Å²) < 4.78 is 3.79. The molecule has 1 amide bonds. The van der Waals surface area contributed by atoms with E-state index in [0.29, 0.717) is 11.2 Å². The monoisotopic (exact) mass is 355 g/mol. The highest BCUT2D eigenvalue weighted by Gasteiger charge is 2.21. The van der Waals surface area contributed by atoms with Crippen molar-refractivity contribution in [3.63, 3.8) is 0 Å². The summed E-state index contributed by atoms with van der Waals surface area (Å²) >= 11 is 0. The lowest BCUT2D eigenvalue weighted by molar-refractivity contribution is -0.132. The number of carbonyl (C=O) groups excluding carboxylic acids is 1. The topological polar surface area (TPSA) is 82.1 Å². The highest BCUT2D eigenvalue weighted by Crippen LogP contribution is 2.18. The summed E-state index contributed by atoms with van der Waals surface area (Å²) in [4.78, 5) is 43.5. The minimum Gasteiger partial charge on any atom is -0.337 e. The van der Waals surface area contributed by atoms with Gasteiger partial charge in [0.2, 0.25) is 5.91 Å². The first-order valence-electron chi connectivity index (χ1n) is 8.24. The van der Waals surface area contributed by atoms with Gasteiger partial charge in [-0.05, 0) is 12.5 Å². The summed E-state index contributed by atoms with van der Waals surface area (Å²) in [7, 11) is 4.88. The van der Waals surface area contributed by atoms with Crippen molar-refractivity contribution in [1.29, 1.82) is 0 Å². The van der Waals surface area contributed by atoms with E-state index in [0.717, 1.165) is 10.1 Å². The largest absolute Gasteiger partial charge is 0.337 e. The number of aryl methyl sites for hydroxylation is 2. The predicted molar refractivity (Wildman–Crippen MR) is 97.8 cm³/mol. The Morgan fingerprint density at radius 3 is 2.50 bits per heavy atom. The molecule has 1 atom stereocenters. The van der Waals surface area contributed by atoms with Crippen LogP contribution in [0.2, 0.25) is 0 Å². The molecular formula is C18H21N5O3. The second kappa shape index (κ2) is 6.62. The molecule has 3 aromatic rings. The number of nitrogens with zero attached hydrogens (tertiary/aromatic N) is 5. The van der Waals surface area contributed by atoms with Gasteiger partial charge in [-0.3, -0.25) is 14.2 Å². The number of hydrogen-bond donors (Lipinski definition) is 0. The fourth-order valence-corrected chi connectivity index (χ4v) is 2.95. The normalized spacial score (nSPS) is 12.3. The van der Waals surface area contributed by atoms with Gasteiger partial charge >= 0.3 is 5.69 Å². The molecule has 1 aromatic carbocycles. The average Bonchev–Trinajstić information content (AvgIpc) is 3.04. The molecule has 0 aliphatic rings. The molecule has 0 saturated carbocycles. The third-order valence-electron chi connectivity index (χ3n) is 4.75. The lowest BCUT2D eigenvalue weighted by Gasteiger charge is -2.25. The van der Waals surface area contributed by atoms with E-state index < -0.39 is 11.2 Å². The molecular weight excluding hydrogens is 334 g/mol. The van der Waals surface area contributed by atoms with Crippen LogP contribution in [0.1, 0.15) is 18.5 Å². The van der Waals surface area contributed by atoms with Crippen LogP contribution >= 0.6 is 0 Å². The van der Waals surface area contributed by atoms with Gasteiger partial charge in [-0.25, -0.2) is 14.3 Å². The van der Waals surface area contributed by atoms with Crippen molar-refractivity contribution in [2.75, 3.05) is 7.05 Å². The summed E-state index contributed by atoms with van der Waals surface area (Å²) in [6.07, 6.45) is 1.47. The molecule has 0 spiro atoms. The maximum absolute atomic E-state index is 12.7. The summed E-state index contributed by atoms with van der Waals surface area (Å²) in [5.41, 5.74) is 0.495. The standard InChI is InChI=1S/C18H21N5O3/c1-12(13-8-6-5-7-9-13)21(3)14(24)10-23-17(25)15-16(19-11-20(15)2)22(4)18(23)26/h5-9,11-12H,10H2,1-4H3/t12-/m0/s1. The van der Waals surface area contributed by atoms with Gasteiger partial charge in [0.25, 0.3) is 5.56 Å². The predicted octanol–water partition coefficient (Wildman–Crippen LogP) is 0.653. The molecule has 0 aliphatic carbocycles. The Hall–Kier alpha value is -3.16. The number of fused-ring (bicyclic) bond motifs is 1. The number of amides is 1. The van der Waals surface area contributed by atoms with E-state index in [-0.39, 0.29) is 18.5 Å². The molecule has 0 aliphatic heterocycles. The molecule has 0 fully saturated rings. The van der Waals surface area contributed by atoms with E-state index in [4.69, 9.17) is 0 Å². The van der Waals surface area contributed by atoms with E-state index in [1.807, 2.05) is 37.3 Å². The van der Waals surface area contributed by atoms with E-state index in [9.17, 15) is 14.4 Å². The third-order valence-corrected chi connectivity index (χ3v) is 4.75. The van der Waals surface area contributed by atoms with Crippen molar-refractivity contribution in [3.05, 3.63) is 63.1 Å². The van der Waals surface area contributed by atoms with Gasteiger partial charge < -0.3 is 9.47 Å². The minimum atomic E-state index is -0.560. The van der Waals surface area contributed by atoms with Gasteiger partial charge in [0.15, 0.2) is 11.2 Å². The number of imidazole rings is 1. The number of benzene rings is 1. The second-order valence-corrected chi connectivity index (χ2v) is 6.35. The maximum atomic E-state index is 12.7. The van der Waals surface area contributed by atoms with Crippen molar-refractivity contribution < 1.29 is 4.79 Å². The Morgan fingerprint density at radius 2 is 1.85 bits per heavy atom. The number of likely N-dealkylation sites (N-methyl/N-ethyl adjacent to an activating group) is 1. The van der Waals surface area contributed by atoms with Crippen molar-refractivity contribution in [1.82, 2.24) is 23.6 Å². The lowest BCUT2D eigenvalue weighted by Crippen LogP contribution is -2.44. The number of hydrogen-bond acceptors (Lipinski definition) is 4. The van der Waals surface area contributed by atoms with Gasteiger partial charge in [0.1, 0.15) is 6.54 Å². The molecule has 8 nitrogen and oxygen atoms in total. The Labute approximate surface area is 149 Å². The number of aromatic nitrogens is 4. The summed E-state index contributed by atoms with van der Waals surface area (Å²) in [5, 5.41) is 0. The van der Waals surface area contributed by atoms with Crippen LogP contribution in [0.15, 0.2) is 46.2 Å². The van der Waals surface area contributed by atoms with Gasteiger partial charge in [0, 0.05) is 21.1 Å². The SMILES string of the molecule is C[C@@H](c1ccccc1)N(C)C(=O)Cn1c(=O)c2c(ncn2C)n(C)c1=O. The first-order chi connectivity index (χ1) is 12.3. The molecule has 26 heavy (non-hydrogen) atoms. The van der Waals surface area contributed by atoms with E-state index in [2.05, 4.69) is 4.98 Å². The van der Waals surface area contributed by atoms with Crippen LogP contribution in [-0.2, 0) is 25.4 Å². The summed E-state index contributed by atoms with van der Waals surface area (Å²) in [6.45, 7) is 1.58. The smallest absolute Gasteiger partial charge is 0.332 e. The first kappa shape index (κ1) is 17.7. The minimum absolute atomic E-state index is 0.177. The molecule has 0 N–H and O–H groups in total. The zero-order chi connectivity index (χ0) is 19.0. The van der Waals surface area contributed by atoms with Crippen LogP contribution < -0.4 is 11.2 Å². The lowest BCUT2D eigenvalue weighted by atomic mass is 10.1. The maximum Gasteiger partial charge on any atom is 0.332 e. The Morgan fingerprint density at radius 1 is 1.19 bits per heavy atom. The van der Waals surface area contributed by atoms with Crippen LogP contribution in [0.3, 0.4) is 0 Å². The third kappa shape index (κ3) is 2.83. The van der Waals surface area contributed by atoms with Gasteiger partial charge in [-0.2, -0.15) is 0 Å². The highest BCUT2D eigenvalue weighted by atomic mass is 16.2. The number of carbonyl (C=O) groups is 1. The van der Waals surface area contributed by atoms with Crippen molar-refractivity contribution in [2.45, 2.75) is 19.5 Å². The summed E-state index contributed by atoms with van der Waals surface area (Å²) in [6, 6.07) is 9.40. The zero-order valence-corrected chi connectivity index (χ0v) is 15.2. The Bertz CT molecular complexity index is 1080. The molecule has 0 unspecified atom stereocenters. The molecule has 0 saturated heterocycles. The Balaban J connectivity index is 1.96. The quantitative estimate of drug-likeness (QED) is 0.688. The molecule has 0 radical (unpaired) electrons. The van der Waals surface area contributed by atoms with E-state index >= 15 is 0 Å². The van der Waals surface area contributed by atoms with Crippen molar-refractivity contribution >= 4 is 17.1 Å². The molecule has 3 rings (SSSR count). The van der Waals surface area contributed by atoms with Crippen molar-refractivity contribution in [3.8, 4) is 0 Å². The molecule has 2 heterocycles.